The third kappa shape index (κ3) is 2.80. The van der Waals surface area contributed by atoms with E-state index in [9.17, 15) is 0 Å². The molecule has 1 aliphatic heterocycles. The van der Waals surface area contributed by atoms with E-state index in [0.29, 0.717) is 0 Å². The van der Waals surface area contributed by atoms with Crippen molar-refractivity contribution in [2.24, 2.45) is 0 Å². The molecule has 0 aliphatic carbocycles. The summed E-state index contributed by atoms with van der Waals surface area (Å²) < 4.78 is 0. The average molecular weight is 158 g/mol. The van der Waals surface area contributed by atoms with Crippen molar-refractivity contribution in [1.29, 1.82) is 0 Å². The molecule has 1 fully saturated rings. The number of rotatable bonds is 3. The highest BCUT2D eigenvalue weighted by atomic mass is 15.1. The van der Waals surface area contributed by atoms with Crippen LogP contribution in [0.5, 0.6) is 0 Å². The zero-order chi connectivity index (χ0) is 8.10. The zero-order valence-electron chi connectivity index (χ0n) is 7.77. The van der Waals surface area contributed by atoms with Crippen molar-refractivity contribution in [2.45, 2.75) is 32.2 Å². The Balaban J connectivity index is 0.00000121. The monoisotopic (exact) mass is 158 g/mol. The van der Waals surface area contributed by atoms with Gasteiger partial charge in [0.05, 0.1) is 0 Å². The Labute approximate surface area is 71.4 Å². The maximum absolute atomic E-state index is 3.41. The van der Waals surface area contributed by atoms with E-state index < -0.39 is 0 Å². The summed E-state index contributed by atoms with van der Waals surface area (Å²) in [5.41, 5.74) is 0. The Morgan fingerprint density at radius 3 is 3.00 bits per heavy atom. The summed E-state index contributed by atoms with van der Waals surface area (Å²) in [5, 5.41) is 3.41. The second-order valence-corrected chi connectivity index (χ2v) is 3.44. The van der Waals surface area contributed by atoms with Gasteiger partial charge >= 0.3 is 0 Å². The van der Waals surface area contributed by atoms with Crippen LogP contribution >= 0.6 is 0 Å². The van der Waals surface area contributed by atoms with Gasteiger partial charge in [-0.2, -0.15) is 0 Å². The average Bonchev–Trinajstić information content (AvgIpc) is 2.03. The van der Waals surface area contributed by atoms with Crippen molar-refractivity contribution in [1.82, 2.24) is 10.2 Å². The third-order valence-electron chi connectivity index (χ3n) is 2.55. The minimum Gasteiger partial charge on any atom is -0.315 e. The largest absolute Gasteiger partial charge is 0.315 e. The van der Waals surface area contributed by atoms with Crippen LogP contribution in [0.1, 0.15) is 27.6 Å². The van der Waals surface area contributed by atoms with E-state index >= 15 is 0 Å². The van der Waals surface area contributed by atoms with Crippen molar-refractivity contribution in [2.75, 3.05) is 26.7 Å². The summed E-state index contributed by atoms with van der Waals surface area (Å²) in [6.45, 7) is 5.73. The molecule has 0 bridgehead atoms. The first-order valence-electron chi connectivity index (χ1n) is 4.75. The van der Waals surface area contributed by atoms with Crippen LogP contribution in [-0.4, -0.2) is 37.6 Å². The molecule has 1 atom stereocenters. The van der Waals surface area contributed by atoms with Gasteiger partial charge in [0.25, 0.3) is 0 Å². The molecular formula is C9H22N2. The summed E-state index contributed by atoms with van der Waals surface area (Å²) in [4.78, 5) is 2.48. The summed E-state index contributed by atoms with van der Waals surface area (Å²) >= 11 is 0. The van der Waals surface area contributed by atoms with Crippen molar-refractivity contribution in [3.8, 4) is 0 Å². The first-order chi connectivity index (χ1) is 5.34. The highest BCUT2D eigenvalue weighted by molar-refractivity contribution is 4.75. The van der Waals surface area contributed by atoms with Crippen molar-refractivity contribution >= 4 is 0 Å². The van der Waals surface area contributed by atoms with Gasteiger partial charge in [0, 0.05) is 14.0 Å². The van der Waals surface area contributed by atoms with Crippen LogP contribution in [-0.2, 0) is 0 Å². The topological polar surface area (TPSA) is 15.3 Å². The third-order valence-corrected chi connectivity index (χ3v) is 2.55. The van der Waals surface area contributed by atoms with Gasteiger partial charge < -0.3 is 10.2 Å². The maximum Gasteiger partial charge on any atom is 0.0217 e. The fraction of sp³-hybridized carbons (Fsp3) is 1.00. The van der Waals surface area contributed by atoms with Gasteiger partial charge in [-0.1, -0.05) is 13.3 Å². The highest BCUT2D eigenvalue weighted by Crippen LogP contribution is 2.13. The molecule has 0 radical (unpaired) electrons. The van der Waals surface area contributed by atoms with E-state index in [2.05, 4.69) is 24.2 Å². The van der Waals surface area contributed by atoms with Gasteiger partial charge in [0.1, 0.15) is 0 Å². The quantitative estimate of drug-likeness (QED) is 0.666. The maximum atomic E-state index is 3.41. The first-order valence-corrected chi connectivity index (χ1v) is 4.75. The van der Waals surface area contributed by atoms with Crippen LogP contribution in [0.2, 0.25) is 0 Å². The van der Waals surface area contributed by atoms with Crippen LogP contribution in [0.15, 0.2) is 0 Å². The van der Waals surface area contributed by atoms with Gasteiger partial charge in [0.2, 0.25) is 0 Å². The smallest absolute Gasteiger partial charge is 0.0217 e. The lowest BCUT2D eigenvalue weighted by atomic mass is 10.0. The molecular weight excluding hydrogens is 136 g/mol. The molecule has 1 saturated heterocycles. The Morgan fingerprint density at radius 2 is 2.36 bits per heavy atom. The zero-order valence-corrected chi connectivity index (χ0v) is 7.77. The molecule has 68 valence electrons. The van der Waals surface area contributed by atoms with E-state index in [1.165, 1.54) is 32.4 Å². The number of nitrogens with zero attached hydrogens (tertiary/aromatic N) is 1. The molecule has 1 unspecified atom stereocenters. The summed E-state index contributed by atoms with van der Waals surface area (Å²) in [6.07, 6.45) is 4.18. The summed E-state index contributed by atoms with van der Waals surface area (Å²) in [6, 6.07) is 0.795. The van der Waals surface area contributed by atoms with Crippen LogP contribution in [0.3, 0.4) is 0 Å². The highest BCUT2D eigenvalue weighted by Gasteiger charge is 2.17. The number of hydrogen-bond acceptors (Lipinski definition) is 2. The van der Waals surface area contributed by atoms with Crippen LogP contribution in [0.4, 0.5) is 0 Å². The van der Waals surface area contributed by atoms with Gasteiger partial charge in [-0.3, -0.25) is 0 Å². The predicted octanol–water partition coefficient (Wildman–Crippen LogP) is 1.33. The van der Waals surface area contributed by atoms with Crippen LogP contribution in [0.25, 0.3) is 0 Å². The molecule has 1 aliphatic rings. The molecule has 1 heterocycles. The molecule has 0 amide bonds. The Hall–Kier alpha value is -0.0800. The van der Waals surface area contributed by atoms with Gasteiger partial charge in [-0.25, -0.2) is 0 Å². The van der Waals surface area contributed by atoms with E-state index in [0.717, 1.165) is 12.6 Å². The lowest BCUT2D eigenvalue weighted by Gasteiger charge is -2.32. The molecule has 0 aromatic heterocycles. The Kier molecular flexibility index (Phi) is 3.87. The van der Waals surface area contributed by atoms with E-state index in [4.69, 9.17) is 0 Å². The number of piperidine rings is 1. The molecule has 2 heteroatoms. The second kappa shape index (κ2) is 4.73. The number of hydrogen-bond donors (Lipinski definition) is 1. The lowest BCUT2D eigenvalue weighted by molar-refractivity contribution is 0.182. The molecule has 1 rings (SSSR count). The number of likely N-dealkylation sites (N-methyl/N-ethyl adjacent to an activating group) is 2. The fourth-order valence-electron chi connectivity index (χ4n) is 1.71. The Bertz CT molecular complexity index is 109. The lowest BCUT2D eigenvalue weighted by Crippen LogP contribution is -2.42. The van der Waals surface area contributed by atoms with Crippen LogP contribution < -0.4 is 5.32 Å². The standard InChI is InChI=1S/C9H20N2.H2/c1-3-10-8-9-6-4-5-7-11(9)2;/h9-10H,3-8H2,1-2H3;1H. The van der Waals surface area contributed by atoms with Crippen molar-refractivity contribution in [3.05, 3.63) is 0 Å². The molecule has 1 N–H and O–H groups in total. The minimum atomic E-state index is 0. The molecule has 0 aromatic rings. The van der Waals surface area contributed by atoms with Gasteiger partial charge in [0.15, 0.2) is 0 Å². The number of nitrogens with one attached hydrogen (secondary N) is 1. The fourth-order valence-corrected chi connectivity index (χ4v) is 1.71. The molecule has 11 heavy (non-hydrogen) atoms. The molecule has 2 nitrogen and oxygen atoms in total. The SMILES string of the molecule is CCNCC1CCCCN1C.[HH]. The van der Waals surface area contributed by atoms with E-state index in [-0.39, 0.29) is 1.43 Å². The van der Waals surface area contributed by atoms with Gasteiger partial charge in [-0.15, -0.1) is 0 Å². The molecule has 0 aromatic carbocycles. The first kappa shape index (κ1) is 9.01. The second-order valence-electron chi connectivity index (χ2n) is 3.44. The van der Waals surface area contributed by atoms with Gasteiger partial charge in [-0.05, 0) is 33.0 Å². The molecule has 0 spiro atoms. The van der Waals surface area contributed by atoms with Crippen LogP contribution in [0, 0.1) is 0 Å². The van der Waals surface area contributed by atoms with E-state index in [1.54, 1.807) is 0 Å². The molecule has 0 saturated carbocycles. The van der Waals surface area contributed by atoms with Crippen molar-refractivity contribution < 1.29 is 1.43 Å². The normalized spacial score (nSPS) is 27.3. The summed E-state index contributed by atoms with van der Waals surface area (Å²) in [7, 11) is 2.24. The number of likely N-dealkylation sites (tertiary alicyclic amines) is 1. The van der Waals surface area contributed by atoms with Crippen molar-refractivity contribution in [3.63, 3.8) is 0 Å². The minimum absolute atomic E-state index is 0. The Morgan fingerprint density at radius 1 is 1.55 bits per heavy atom. The predicted molar refractivity (Wildman–Crippen MR) is 50.9 cm³/mol. The van der Waals surface area contributed by atoms with E-state index in [1.807, 2.05) is 0 Å². The summed E-state index contributed by atoms with van der Waals surface area (Å²) in [5.74, 6) is 0.